The second-order valence-corrected chi connectivity index (χ2v) is 5.11. The van der Waals surface area contributed by atoms with Crippen LogP contribution in [0, 0.1) is 16.0 Å². The van der Waals surface area contributed by atoms with Gasteiger partial charge in [-0.15, -0.1) is 0 Å². The third-order valence-electron chi connectivity index (χ3n) is 3.75. The van der Waals surface area contributed by atoms with Crippen LogP contribution in [0.4, 0.5) is 24.5 Å². The summed E-state index contributed by atoms with van der Waals surface area (Å²) < 4.78 is 38.5. The molecule has 2 rings (SSSR count). The Kier molecular flexibility index (Phi) is 3.87. The smallest absolute Gasteiger partial charge is 0.382 e. The van der Waals surface area contributed by atoms with Crippen molar-refractivity contribution in [1.29, 1.82) is 0 Å². The van der Waals surface area contributed by atoms with Crippen LogP contribution in [0.5, 0.6) is 0 Å². The number of alkyl halides is 3. The Hall–Kier alpha value is -1.79. The highest BCUT2D eigenvalue weighted by molar-refractivity contribution is 5.55. The Labute approximate surface area is 114 Å². The summed E-state index contributed by atoms with van der Waals surface area (Å²) in [6.45, 7) is 1.92. The fourth-order valence-electron chi connectivity index (χ4n) is 2.33. The lowest BCUT2D eigenvalue weighted by Crippen LogP contribution is -2.30. The number of rotatable bonds is 4. The molecule has 0 bridgehead atoms. The summed E-state index contributed by atoms with van der Waals surface area (Å²) in [7, 11) is 0. The average Bonchev–Trinajstić information content (AvgIpc) is 2.24. The Morgan fingerprint density at radius 2 is 2.05 bits per heavy atom. The molecule has 0 aromatic heterocycles. The second kappa shape index (κ2) is 5.30. The van der Waals surface area contributed by atoms with Crippen molar-refractivity contribution in [2.24, 2.45) is 5.92 Å². The van der Waals surface area contributed by atoms with Gasteiger partial charge in [0.1, 0.15) is 5.56 Å². The van der Waals surface area contributed by atoms with Gasteiger partial charge in [0.2, 0.25) is 0 Å². The number of anilines is 1. The van der Waals surface area contributed by atoms with Gasteiger partial charge in [0, 0.05) is 17.8 Å². The van der Waals surface area contributed by atoms with Crippen LogP contribution in [0.2, 0.25) is 0 Å². The summed E-state index contributed by atoms with van der Waals surface area (Å²) in [5, 5.41) is 13.7. The highest BCUT2D eigenvalue weighted by Gasteiger charge is 2.38. The number of nitro groups is 1. The molecular weight excluding hydrogens is 273 g/mol. The SMILES string of the molecule is CC(Nc1ccc([N+](=O)[O-])c(C(F)(F)F)c1)C1CCC1. The Morgan fingerprint density at radius 1 is 1.40 bits per heavy atom. The van der Waals surface area contributed by atoms with Crippen molar-refractivity contribution in [3.05, 3.63) is 33.9 Å². The molecular formula is C13H15F3N2O2. The summed E-state index contributed by atoms with van der Waals surface area (Å²) in [6, 6.07) is 3.10. The maximum atomic E-state index is 12.8. The summed E-state index contributed by atoms with van der Waals surface area (Å²) in [4.78, 5) is 9.64. The molecule has 1 atom stereocenters. The molecule has 7 heteroatoms. The fourth-order valence-corrected chi connectivity index (χ4v) is 2.33. The Morgan fingerprint density at radius 3 is 2.50 bits per heavy atom. The monoisotopic (exact) mass is 288 g/mol. The van der Waals surface area contributed by atoms with E-state index >= 15 is 0 Å². The minimum absolute atomic E-state index is 0.0614. The number of nitro benzene ring substituents is 1. The molecule has 1 saturated carbocycles. The first-order valence-corrected chi connectivity index (χ1v) is 6.41. The molecule has 0 heterocycles. The summed E-state index contributed by atoms with van der Waals surface area (Å²) in [5.41, 5.74) is -1.87. The van der Waals surface area contributed by atoms with E-state index in [2.05, 4.69) is 5.32 Å². The number of nitrogens with one attached hydrogen (secondary N) is 1. The van der Waals surface area contributed by atoms with Gasteiger partial charge in [-0.3, -0.25) is 10.1 Å². The third kappa shape index (κ3) is 3.02. The number of hydrogen-bond donors (Lipinski definition) is 1. The van der Waals surface area contributed by atoms with Gasteiger partial charge in [0.05, 0.1) is 4.92 Å². The molecule has 1 N–H and O–H groups in total. The molecule has 110 valence electrons. The van der Waals surface area contributed by atoms with E-state index in [4.69, 9.17) is 0 Å². The quantitative estimate of drug-likeness (QED) is 0.667. The van der Waals surface area contributed by atoms with E-state index in [1.807, 2.05) is 6.92 Å². The first kappa shape index (κ1) is 14.6. The summed E-state index contributed by atoms with van der Waals surface area (Å²) in [5.74, 6) is 0.458. The van der Waals surface area contributed by atoms with Gasteiger partial charge in [-0.05, 0) is 37.8 Å². The number of halogens is 3. The molecule has 0 spiro atoms. The van der Waals surface area contributed by atoms with Gasteiger partial charge in [-0.2, -0.15) is 13.2 Å². The van der Waals surface area contributed by atoms with Crippen LogP contribution in [0.15, 0.2) is 18.2 Å². The van der Waals surface area contributed by atoms with Gasteiger partial charge >= 0.3 is 6.18 Å². The van der Waals surface area contributed by atoms with Crippen LogP contribution in [0.3, 0.4) is 0 Å². The molecule has 20 heavy (non-hydrogen) atoms. The lowest BCUT2D eigenvalue weighted by molar-refractivity contribution is -0.388. The van der Waals surface area contributed by atoms with Crippen molar-refractivity contribution in [1.82, 2.24) is 0 Å². The van der Waals surface area contributed by atoms with E-state index in [-0.39, 0.29) is 11.7 Å². The maximum absolute atomic E-state index is 12.8. The van der Waals surface area contributed by atoms with Gasteiger partial charge < -0.3 is 5.32 Å². The van der Waals surface area contributed by atoms with Crippen molar-refractivity contribution < 1.29 is 18.1 Å². The number of nitrogens with zero attached hydrogens (tertiary/aromatic N) is 1. The van der Waals surface area contributed by atoms with Crippen LogP contribution in [-0.2, 0) is 6.18 Å². The molecule has 1 unspecified atom stereocenters. The number of hydrogen-bond acceptors (Lipinski definition) is 3. The minimum Gasteiger partial charge on any atom is -0.382 e. The van der Waals surface area contributed by atoms with Crippen molar-refractivity contribution >= 4 is 11.4 Å². The maximum Gasteiger partial charge on any atom is 0.423 e. The van der Waals surface area contributed by atoms with Gasteiger partial charge in [0.15, 0.2) is 0 Å². The predicted octanol–water partition coefficient (Wildman–Crippen LogP) is 4.21. The first-order chi connectivity index (χ1) is 9.29. The first-order valence-electron chi connectivity index (χ1n) is 6.41. The van der Waals surface area contributed by atoms with E-state index < -0.39 is 22.4 Å². The lowest BCUT2D eigenvalue weighted by Gasteiger charge is -2.32. The second-order valence-electron chi connectivity index (χ2n) is 5.11. The van der Waals surface area contributed by atoms with Crippen molar-refractivity contribution in [2.45, 2.75) is 38.4 Å². The van der Waals surface area contributed by atoms with Crippen molar-refractivity contribution in [3.63, 3.8) is 0 Å². The normalized spacial score (nSPS) is 17.4. The van der Waals surface area contributed by atoms with Crippen LogP contribution in [0.25, 0.3) is 0 Å². The number of benzene rings is 1. The largest absolute Gasteiger partial charge is 0.423 e. The molecule has 1 fully saturated rings. The van der Waals surface area contributed by atoms with Gasteiger partial charge in [0.25, 0.3) is 5.69 Å². The molecule has 0 amide bonds. The van der Waals surface area contributed by atoms with E-state index in [0.29, 0.717) is 5.92 Å². The fraction of sp³-hybridized carbons (Fsp3) is 0.538. The highest BCUT2D eigenvalue weighted by atomic mass is 19.4. The topological polar surface area (TPSA) is 55.2 Å². The van der Waals surface area contributed by atoms with E-state index in [1.54, 1.807) is 0 Å². The van der Waals surface area contributed by atoms with Crippen LogP contribution in [-0.4, -0.2) is 11.0 Å². The summed E-state index contributed by atoms with van der Waals surface area (Å²) in [6.07, 6.45) is -1.47. The molecule has 0 aliphatic heterocycles. The zero-order valence-electron chi connectivity index (χ0n) is 10.9. The van der Waals surface area contributed by atoms with E-state index in [1.165, 1.54) is 6.07 Å². The Bertz CT molecular complexity index is 513. The minimum atomic E-state index is -4.74. The van der Waals surface area contributed by atoms with Gasteiger partial charge in [-0.1, -0.05) is 6.42 Å². The molecule has 1 aliphatic rings. The molecule has 1 aromatic rings. The highest BCUT2D eigenvalue weighted by Crippen LogP contribution is 2.38. The summed E-state index contributed by atoms with van der Waals surface area (Å²) >= 11 is 0. The van der Waals surface area contributed by atoms with Crippen molar-refractivity contribution in [2.75, 3.05) is 5.32 Å². The molecule has 0 saturated heterocycles. The predicted molar refractivity (Wildman–Crippen MR) is 68.5 cm³/mol. The van der Waals surface area contributed by atoms with Crippen molar-refractivity contribution in [3.8, 4) is 0 Å². The van der Waals surface area contributed by atoms with Crippen LogP contribution >= 0.6 is 0 Å². The van der Waals surface area contributed by atoms with Crippen LogP contribution in [0.1, 0.15) is 31.7 Å². The van der Waals surface area contributed by atoms with Gasteiger partial charge in [-0.25, -0.2) is 0 Å². The Balaban J connectivity index is 2.24. The average molecular weight is 288 g/mol. The lowest BCUT2D eigenvalue weighted by atomic mass is 9.80. The molecule has 1 aliphatic carbocycles. The molecule has 4 nitrogen and oxygen atoms in total. The standard InChI is InChI=1S/C13H15F3N2O2/c1-8(9-3-2-4-9)17-10-5-6-12(18(19)20)11(7-10)13(14,15)16/h5-9,17H,2-4H2,1H3. The van der Waals surface area contributed by atoms with E-state index in [0.717, 1.165) is 31.4 Å². The molecule has 1 aromatic carbocycles. The van der Waals surface area contributed by atoms with Crippen LogP contribution < -0.4 is 5.32 Å². The zero-order valence-corrected chi connectivity index (χ0v) is 10.9. The molecule has 0 radical (unpaired) electrons. The third-order valence-corrected chi connectivity index (χ3v) is 3.75. The zero-order chi connectivity index (χ0) is 14.9. The van der Waals surface area contributed by atoms with E-state index in [9.17, 15) is 23.3 Å².